The first-order chi connectivity index (χ1) is 21.2. The average Bonchev–Trinajstić information content (AvgIpc) is 3.07. The third-order valence-corrected chi connectivity index (χ3v) is 8.40. The predicted octanol–water partition coefficient (Wildman–Crippen LogP) is 11.7. The van der Waals surface area contributed by atoms with Crippen molar-refractivity contribution in [3.05, 3.63) is 162 Å². The van der Waals surface area contributed by atoms with Gasteiger partial charge in [-0.1, -0.05) is 134 Å². The van der Waals surface area contributed by atoms with Crippen LogP contribution in [0.2, 0.25) is 5.02 Å². The van der Waals surface area contributed by atoms with Crippen LogP contribution in [0.15, 0.2) is 146 Å². The molecular weight excluding hydrogens is 542 g/mol. The molecule has 0 saturated heterocycles. The van der Waals surface area contributed by atoms with Crippen LogP contribution in [0.1, 0.15) is 36.8 Å². The molecule has 2 heteroatoms. The molecule has 0 aliphatic rings. The van der Waals surface area contributed by atoms with Gasteiger partial charge in [-0.05, 0) is 95.0 Å². The fraction of sp³-hybridized carbons (Fsp3) is 0.146. The van der Waals surface area contributed by atoms with Crippen LogP contribution in [0.3, 0.4) is 0 Å². The van der Waals surface area contributed by atoms with E-state index in [1.54, 1.807) is 0 Å². The highest BCUT2D eigenvalue weighted by Gasteiger charge is 2.09. The maximum atomic E-state index is 6.89. The van der Waals surface area contributed by atoms with Gasteiger partial charge in [0.15, 0.2) is 0 Å². The summed E-state index contributed by atoms with van der Waals surface area (Å²) in [6.45, 7) is 0. The Morgan fingerprint density at radius 3 is 1.72 bits per heavy atom. The molecule has 43 heavy (non-hydrogen) atoms. The monoisotopic (exact) mass is 577 g/mol. The van der Waals surface area contributed by atoms with Gasteiger partial charge in [0, 0.05) is 22.3 Å². The van der Waals surface area contributed by atoms with Crippen molar-refractivity contribution in [3.8, 4) is 44.6 Å². The molecule has 0 amide bonds. The zero-order chi connectivity index (χ0) is 29.3. The van der Waals surface area contributed by atoms with Crippen LogP contribution in [0.5, 0.6) is 0 Å². The molecule has 0 fully saturated rings. The minimum absolute atomic E-state index is 0.742. The molecule has 0 radical (unpaired) electrons. The number of benzene rings is 5. The van der Waals surface area contributed by atoms with E-state index >= 15 is 0 Å². The molecule has 0 spiro atoms. The lowest BCUT2D eigenvalue weighted by molar-refractivity contribution is 0.640. The van der Waals surface area contributed by atoms with E-state index in [2.05, 4.69) is 126 Å². The van der Waals surface area contributed by atoms with Crippen molar-refractivity contribution in [2.24, 2.45) is 0 Å². The topological polar surface area (TPSA) is 12.9 Å². The normalized spacial score (nSPS) is 11.0. The Kier molecular flexibility index (Phi) is 9.42. The average molecular weight is 578 g/mol. The van der Waals surface area contributed by atoms with Gasteiger partial charge in [-0.25, -0.2) is 0 Å². The summed E-state index contributed by atoms with van der Waals surface area (Å²) in [6, 6.07) is 49.4. The van der Waals surface area contributed by atoms with E-state index < -0.39 is 0 Å². The molecule has 0 N–H and O–H groups in total. The second-order valence-corrected chi connectivity index (χ2v) is 11.6. The third-order valence-electron chi connectivity index (χ3n) is 8.08. The zero-order valence-corrected chi connectivity index (χ0v) is 25.2. The summed E-state index contributed by atoms with van der Waals surface area (Å²) in [6.07, 6.45) is 9.18. The van der Waals surface area contributed by atoms with Crippen LogP contribution < -0.4 is 0 Å². The molecular formula is C41H36ClN. The third kappa shape index (κ3) is 7.49. The van der Waals surface area contributed by atoms with Crippen LogP contribution in [0, 0.1) is 0 Å². The van der Waals surface area contributed by atoms with Gasteiger partial charge in [0.2, 0.25) is 0 Å². The Bertz CT molecular complexity index is 1780. The predicted molar refractivity (Wildman–Crippen MR) is 183 cm³/mol. The fourth-order valence-electron chi connectivity index (χ4n) is 5.75. The molecule has 0 bridgehead atoms. The van der Waals surface area contributed by atoms with Gasteiger partial charge in [-0.3, -0.25) is 4.98 Å². The number of nitrogens with zero attached hydrogens (tertiary/aromatic N) is 1. The van der Waals surface area contributed by atoms with E-state index in [1.165, 1.54) is 54.4 Å². The molecule has 0 atom stereocenters. The van der Waals surface area contributed by atoms with E-state index in [-0.39, 0.29) is 0 Å². The first-order valence-corrected chi connectivity index (χ1v) is 15.7. The van der Waals surface area contributed by atoms with Gasteiger partial charge in [0.1, 0.15) is 0 Å². The van der Waals surface area contributed by atoms with E-state index in [0.29, 0.717) is 0 Å². The molecule has 212 valence electrons. The maximum Gasteiger partial charge on any atom is 0.0702 e. The van der Waals surface area contributed by atoms with E-state index in [1.807, 2.05) is 24.4 Å². The van der Waals surface area contributed by atoms with E-state index in [9.17, 15) is 0 Å². The molecule has 6 rings (SSSR count). The van der Waals surface area contributed by atoms with Crippen molar-refractivity contribution in [1.82, 2.24) is 4.98 Å². The van der Waals surface area contributed by atoms with Crippen molar-refractivity contribution >= 4 is 11.6 Å². The molecule has 0 saturated carbocycles. The van der Waals surface area contributed by atoms with Crippen LogP contribution in [0.4, 0.5) is 0 Å². The van der Waals surface area contributed by atoms with E-state index in [0.717, 1.165) is 45.0 Å². The van der Waals surface area contributed by atoms with Crippen LogP contribution >= 0.6 is 11.6 Å². The summed E-state index contributed by atoms with van der Waals surface area (Å²) in [5.74, 6) is 0. The number of unbranched alkanes of at least 4 members (excludes halogenated alkanes) is 3. The highest BCUT2D eigenvalue weighted by molar-refractivity contribution is 6.33. The Morgan fingerprint density at radius 2 is 1.00 bits per heavy atom. The largest absolute Gasteiger partial charge is 0.256 e. The van der Waals surface area contributed by atoms with Crippen LogP contribution in [0.25, 0.3) is 44.6 Å². The highest BCUT2D eigenvalue weighted by Crippen LogP contribution is 2.35. The maximum absolute atomic E-state index is 6.89. The Labute approximate surface area is 260 Å². The lowest BCUT2D eigenvalue weighted by Gasteiger charge is -2.11. The standard InChI is InChI=1S/C41H36ClN/c42-40-30-36(24-25-39(40)37-21-12-22-38(29-37)41-23-8-9-26-43-41)35-20-11-19-34(28-35)33-18-10-17-32(27-33)16-5-2-1-4-13-31-14-6-3-7-15-31/h3,6-12,14-15,17-30H,1-2,4-5,13,16H2. The summed E-state index contributed by atoms with van der Waals surface area (Å²) in [5.41, 5.74) is 11.8. The molecule has 0 aliphatic carbocycles. The molecule has 1 aromatic heterocycles. The van der Waals surface area contributed by atoms with Crippen molar-refractivity contribution in [1.29, 1.82) is 0 Å². The Hall–Kier alpha value is -4.46. The lowest BCUT2D eigenvalue weighted by atomic mass is 9.95. The smallest absolute Gasteiger partial charge is 0.0702 e. The number of aryl methyl sites for hydroxylation is 2. The SMILES string of the molecule is Clc1cc(-c2cccc(-c3cccc(CCCCCCc4ccccc4)c3)c2)ccc1-c1cccc(-c2ccccn2)c1. The lowest BCUT2D eigenvalue weighted by Crippen LogP contribution is -1.89. The van der Waals surface area contributed by atoms with Crippen LogP contribution in [-0.2, 0) is 12.8 Å². The molecule has 0 unspecified atom stereocenters. The van der Waals surface area contributed by atoms with Gasteiger partial charge >= 0.3 is 0 Å². The second kappa shape index (κ2) is 14.1. The van der Waals surface area contributed by atoms with Crippen molar-refractivity contribution < 1.29 is 0 Å². The summed E-state index contributed by atoms with van der Waals surface area (Å²) in [4.78, 5) is 4.50. The van der Waals surface area contributed by atoms with Crippen LogP contribution in [-0.4, -0.2) is 4.98 Å². The number of hydrogen-bond donors (Lipinski definition) is 0. The summed E-state index contributed by atoms with van der Waals surface area (Å²) < 4.78 is 0. The minimum Gasteiger partial charge on any atom is -0.256 e. The highest BCUT2D eigenvalue weighted by atomic mass is 35.5. The quantitative estimate of drug-likeness (QED) is 0.139. The minimum atomic E-state index is 0.742. The summed E-state index contributed by atoms with van der Waals surface area (Å²) in [5, 5.41) is 0.742. The van der Waals surface area contributed by atoms with Gasteiger partial charge in [-0.15, -0.1) is 0 Å². The number of rotatable bonds is 11. The number of halogens is 1. The molecule has 6 aromatic rings. The van der Waals surface area contributed by atoms with Gasteiger partial charge < -0.3 is 0 Å². The molecule has 1 nitrogen and oxygen atoms in total. The fourth-order valence-corrected chi connectivity index (χ4v) is 6.04. The molecule has 5 aromatic carbocycles. The van der Waals surface area contributed by atoms with Gasteiger partial charge in [0.25, 0.3) is 0 Å². The number of aromatic nitrogens is 1. The van der Waals surface area contributed by atoms with Crippen molar-refractivity contribution in [3.63, 3.8) is 0 Å². The number of hydrogen-bond acceptors (Lipinski definition) is 1. The molecule has 0 aliphatic heterocycles. The Balaban J connectivity index is 1.11. The van der Waals surface area contributed by atoms with Crippen molar-refractivity contribution in [2.45, 2.75) is 38.5 Å². The van der Waals surface area contributed by atoms with Gasteiger partial charge in [-0.2, -0.15) is 0 Å². The van der Waals surface area contributed by atoms with Gasteiger partial charge in [0.05, 0.1) is 5.69 Å². The summed E-state index contributed by atoms with van der Waals surface area (Å²) in [7, 11) is 0. The van der Waals surface area contributed by atoms with Crippen molar-refractivity contribution in [2.75, 3.05) is 0 Å². The second-order valence-electron chi connectivity index (χ2n) is 11.2. The number of pyridine rings is 1. The Morgan fingerprint density at radius 1 is 0.419 bits per heavy atom. The first kappa shape index (κ1) is 28.6. The zero-order valence-electron chi connectivity index (χ0n) is 24.4. The first-order valence-electron chi connectivity index (χ1n) is 15.3. The molecule has 1 heterocycles. The van der Waals surface area contributed by atoms with E-state index in [4.69, 9.17) is 11.6 Å². The summed E-state index contributed by atoms with van der Waals surface area (Å²) >= 11 is 6.89.